The van der Waals surface area contributed by atoms with Crippen LogP contribution in [0.3, 0.4) is 0 Å². The first-order valence-corrected chi connectivity index (χ1v) is 11.6. The maximum Gasteiger partial charge on any atom is 0.102 e. The van der Waals surface area contributed by atoms with Crippen molar-refractivity contribution in [2.24, 2.45) is 0 Å². The summed E-state index contributed by atoms with van der Waals surface area (Å²) in [6.07, 6.45) is 0. The third-order valence-electron chi connectivity index (χ3n) is 4.32. The molecule has 0 saturated heterocycles. The van der Waals surface area contributed by atoms with Crippen molar-refractivity contribution in [1.29, 1.82) is 10.5 Å². The van der Waals surface area contributed by atoms with Gasteiger partial charge in [0.15, 0.2) is 0 Å². The van der Waals surface area contributed by atoms with Gasteiger partial charge in [-0.3, -0.25) is 0 Å². The van der Waals surface area contributed by atoms with Gasteiger partial charge in [0.1, 0.15) is 22.2 Å². The van der Waals surface area contributed by atoms with E-state index in [4.69, 9.17) is 23.2 Å². The van der Waals surface area contributed by atoms with Crippen LogP contribution in [-0.4, -0.2) is 9.97 Å². The quantitative estimate of drug-likeness (QED) is 0.298. The van der Waals surface area contributed by atoms with E-state index in [1.165, 1.54) is 21.6 Å². The Kier molecular flexibility index (Phi) is 6.13. The van der Waals surface area contributed by atoms with Crippen molar-refractivity contribution in [3.63, 3.8) is 0 Å². The zero-order valence-corrected chi connectivity index (χ0v) is 18.4. The van der Waals surface area contributed by atoms with Gasteiger partial charge in [0.05, 0.1) is 11.1 Å². The van der Waals surface area contributed by atoms with Crippen molar-refractivity contribution in [1.82, 2.24) is 9.97 Å². The molecule has 0 saturated carbocycles. The van der Waals surface area contributed by atoms with Crippen LogP contribution in [0.25, 0.3) is 22.5 Å². The van der Waals surface area contributed by atoms with Crippen molar-refractivity contribution in [2.45, 2.75) is 10.1 Å². The summed E-state index contributed by atoms with van der Waals surface area (Å²) < 4.78 is 0. The zero-order chi connectivity index (χ0) is 21.1. The number of nitrogens with one attached hydrogen (secondary N) is 2. The number of hydrogen-bond donors (Lipinski definition) is 2. The second-order valence-electron chi connectivity index (χ2n) is 6.26. The molecule has 0 bridgehead atoms. The number of H-pyrrole nitrogens is 2. The molecule has 30 heavy (non-hydrogen) atoms. The fourth-order valence-corrected chi connectivity index (χ4v) is 5.22. The van der Waals surface area contributed by atoms with Crippen LogP contribution in [0.5, 0.6) is 0 Å². The van der Waals surface area contributed by atoms with E-state index in [1.807, 2.05) is 60.7 Å². The highest BCUT2D eigenvalue weighted by molar-refractivity contribution is 8.76. The summed E-state index contributed by atoms with van der Waals surface area (Å²) in [4.78, 5) is 6.57. The topological polar surface area (TPSA) is 79.2 Å². The lowest BCUT2D eigenvalue weighted by Gasteiger charge is -2.00. The summed E-state index contributed by atoms with van der Waals surface area (Å²) in [5, 5.41) is 21.8. The van der Waals surface area contributed by atoms with Crippen molar-refractivity contribution in [2.75, 3.05) is 0 Å². The van der Waals surface area contributed by atoms with Crippen LogP contribution in [0.4, 0.5) is 0 Å². The van der Waals surface area contributed by atoms with Gasteiger partial charge in [0.2, 0.25) is 0 Å². The first kappa shape index (κ1) is 20.5. The number of aromatic amines is 2. The number of halogens is 2. The van der Waals surface area contributed by atoms with Gasteiger partial charge in [-0.2, -0.15) is 10.5 Å². The molecule has 0 unspecified atom stereocenters. The Balaban J connectivity index is 1.57. The molecule has 0 amide bonds. The molecule has 2 aromatic heterocycles. The second kappa shape index (κ2) is 8.95. The Morgan fingerprint density at radius 2 is 1.00 bits per heavy atom. The van der Waals surface area contributed by atoms with Gasteiger partial charge in [-0.15, -0.1) is 0 Å². The lowest BCUT2D eigenvalue weighted by Crippen LogP contribution is -1.79. The highest BCUT2D eigenvalue weighted by atomic mass is 35.5. The fraction of sp³-hybridized carbons (Fsp3) is 0. The molecule has 4 rings (SSSR count). The van der Waals surface area contributed by atoms with Gasteiger partial charge in [-0.1, -0.05) is 47.5 Å². The molecule has 4 aromatic rings. The molecular formula is C22H12Cl2N4S2. The number of hydrogen-bond acceptors (Lipinski definition) is 4. The molecule has 146 valence electrons. The summed E-state index contributed by atoms with van der Waals surface area (Å²) in [6.45, 7) is 0. The van der Waals surface area contributed by atoms with Crippen molar-refractivity contribution >= 4 is 44.8 Å². The normalized spacial score (nSPS) is 10.5. The summed E-state index contributed by atoms with van der Waals surface area (Å²) in [5.41, 5.74) is 4.63. The maximum absolute atomic E-state index is 9.51. The molecule has 8 heteroatoms. The number of nitrogens with zero attached hydrogens (tertiary/aromatic N) is 2. The highest BCUT2D eigenvalue weighted by Crippen LogP contribution is 2.41. The largest absolute Gasteiger partial charge is 0.348 e. The van der Waals surface area contributed by atoms with E-state index in [2.05, 4.69) is 22.1 Å². The van der Waals surface area contributed by atoms with Crippen molar-refractivity contribution < 1.29 is 0 Å². The fourth-order valence-electron chi connectivity index (χ4n) is 2.82. The van der Waals surface area contributed by atoms with E-state index < -0.39 is 0 Å². The molecule has 0 aliphatic carbocycles. The van der Waals surface area contributed by atoms with Gasteiger partial charge in [0, 0.05) is 21.4 Å². The third-order valence-corrected chi connectivity index (χ3v) is 7.14. The van der Waals surface area contributed by atoms with Gasteiger partial charge >= 0.3 is 0 Å². The Morgan fingerprint density at radius 3 is 1.33 bits per heavy atom. The van der Waals surface area contributed by atoms with Crippen LogP contribution in [0.15, 0.2) is 70.7 Å². The molecular weight excluding hydrogens is 455 g/mol. The standard InChI is InChI=1S/C22H12Cl2N4S2/c23-17-5-1-13(2-6-17)19-9-15(11-25)21(27-19)29-30-22-16(12-26)10-20(28-22)14-3-7-18(24)8-4-14/h1-10,27-28H. The van der Waals surface area contributed by atoms with E-state index in [0.717, 1.165) is 32.6 Å². The minimum Gasteiger partial charge on any atom is -0.348 e. The van der Waals surface area contributed by atoms with E-state index in [0.29, 0.717) is 21.2 Å². The van der Waals surface area contributed by atoms with Gasteiger partial charge in [-0.25, -0.2) is 0 Å². The smallest absolute Gasteiger partial charge is 0.102 e. The Hall–Kier alpha value is -2.74. The van der Waals surface area contributed by atoms with Gasteiger partial charge in [-0.05, 0) is 69.1 Å². The number of nitriles is 2. The Morgan fingerprint density at radius 1 is 0.633 bits per heavy atom. The SMILES string of the molecule is N#Cc1cc(-c2ccc(Cl)cc2)[nH]c1SSc1[nH]c(-c2ccc(Cl)cc2)cc1C#N. The Bertz CT molecular complexity index is 1180. The van der Waals surface area contributed by atoms with E-state index in [1.54, 1.807) is 0 Å². The molecule has 0 spiro atoms. The van der Waals surface area contributed by atoms with Crippen LogP contribution in [0.1, 0.15) is 11.1 Å². The molecule has 2 N–H and O–H groups in total. The summed E-state index contributed by atoms with van der Waals surface area (Å²) in [7, 11) is 2.79. The first-order chi connectivity index (χ1) is 14.6. The first-order valence-electron chi connectivity index (χ1n) is 8.70. The molecule has 0 fully saturated rings. The average molecular weight is 467 g/mol. The predicted molar refractivity (Wildman–Crippen MR) is 124 cm³/mol. The number of rotatable bonds is 5. The van der Waals surface area contributed by atoms with Crippen molar-refractivity contribution in [3.8, 4) is 34.7 Å². The van der Waals surface area contributed by atoms with Crippen LogP contribution < -0.4 is 0 Å². The van der Waals surface area contributed by atoms with Crippen LogP contribution in [-0.2, 0) is 0 Å². The molecule has 4 nitrogen and oxygen atoms in total. The maximum atomic E-state index is 9.51. The lowest BCUT2D eigenvalue weighted by atomic mass is 10.1. The summed E-state index contributed by atoms with van der Waals surface area (Å²) >= 11 is 11.9. The molecule has 0 atom stereocenters. The summed E-state index contributed by atoms with van der Waals surface area (Å²) in [5.74, 6) is 0. The molecule has 0 aliphatic heterocycles. The monoisotopic (exact) mass is 466 g/mol. The zero-order valence-electron chi connectivity index (χ0n) is 15.2. The molecule has 0 aliphatic rings. The number of aromatic nitrogens is 2. The van der Waals surface area contributed by atoms with Crippen LogP contribution >= 0.6 is 44.8 Å². The van der Waals surface area contributed by atoms with E-state index >= 15 is 0 Å². The highest BCUT2D eigenvalue weighted by Gasteiger charge is 2.15. The lowest BCUT2D eigenvalue weighted by molar-refractivity contribution is 1.19. The van der Waals surface area contributed by atoms with Gasteiger partial charge < -0.3 is 9.97 Å². The van der Waals surface area contributed by atoms with E-state index in [-0.39, 0.29) is 0 Å². The van der Waals surface area contributed by atoms with Crippen molar-refractivity contribution in [3.05, 3.63) is 81.8 Å². The van der Waals surface area contributed by atoms with Crippen LogP contribution in [0.2, 0.25) is 10.0 Å². The van der Waals surface area contributed by atoms with Crippen LogP contribution in [0, 0.1) is 22.7 Å². The predicted octanol–water partition coefficient (Wildman–Crippen LogP) is 7.53. The molecule has 0 radical (unpaired) electrons. The summed E-state index contributed by atoms with van der Waals surface area (Å²) in [6, 6.07) is 22.9. The average Bonchev–Trinajstić information content (AvgIpc) is 3.37. The second-order valence-corrected chi connectivity index (χ2v) is 9.28. The Labute approximate surface area is 191 Å². The van der Waals surface area contributed by atoms with Gasteiger partial charge in [0.25, 0.3) is 0 Å². The van der Waals surface area contributed by atoms with E-state index in [9.17, 15) is 10.5 Å². The minimum absolute atomic E-state index is 0.542. The molecule has 2 aromatic carbocycles. The minimum atomic E-state index is 0.542. The number of benzene rings is 2. The third kappa shape index (κ3) is 4.38. The molecule has 2 heterocycles.